The number of amides is 1. The fourth-order valence-corrected chi connectivity index (χ4v) is 5.19. The summed E-state index contributed by atoms with van der Waals surface area (Å²) in [6.07, 6.45) is 6.67. The van der Waals surface area contributed by atoms with Crippen LogP contribution in [0.4, 0.5) is 11.4 Å². The summed E-state index contributed by atoms with van der Waals surface area (Å²) in [6.45, 7) is 15.0. The molecule has 1 aliphatic rings. The highest BCUT2D eigenvalue weighted by molar-refractivity contribution is 5.96. The summed E-state index contributed by atoms with van der Waals surface area (Å²) in [7, 11) is 3.31. The van der Waals surface area contributed by atoms with Gasteiger partial charge in [-0.1, -0.05) is 90.6 Å². The Morgan fingerprint density at radius 1 is 0.977 bits per heavy atom. The molecule has 1 fully saturated rings. The predicted octanol–water partition coefficient (Wildman–Crippen LogP) is 7.82. The van der Waals surface area contributed by atoms with Crippen molar-refractivity contribution in [2.45, 2.75) is 93.0 Å². The molecule has 2 atom stereocenters. The number of aromatic amines is 1. The Balaban J connectivity index is 0.000000261. The van der Waals surface area contributed by atoms with Gasteiger partial charge in [-0.2, -0.15) is 0 Å². The summed E-state index contributed by atoms with van der Waals surface area (Å²) in [6, 6.07) is 14.7. The monoisotopic (exact) mass is 606 g/mol. The molecule has 1 amide bonds. The molecule has 0 radical (unpaired) electrons. The van der Waals surface area contributed by atoms with Crippen LogP contribution in [0.25, 0.3) is 0 Å². The zero-order valence-electron chi connectivity index (χ0n) is 28.2. The van der Waals surface area contributed by atoms with Gasteiger partial charge in [0, 0.05) is 25.3 Å². The molecule has 1 aliphatic carbocycles. The van der Waals surface area contributed by atoms with Crippen molar-refractivity contribution in [1.82, 2.24) is 14.7 Å². The SMILES string of the molecule is CCC(C)C(C)C(C)C.Cc1c(Nc2ccccc2)c(=O)[nH]n(C2CCCCC2)c1=O.Cc1cccc(C(=O)N(C)C)c1O. The normalized spacial score (nSPS) is 14.4. The Kier molecular flexibility index (Phi) is 14.4. The number of rotatable bonds is 7. The van der Waals surface area contributed by atoms with Crippen LogP contribution in [0.2, 0.25) is 0 Å². The van der Waals surface area contributed by atoms with Crippen molar-refractivity contribution in [2.24, 2.45) is 17.8 Å². The molecule has 0 aliphatic heterocycles. The largest absolute Gasteiger partial charge is 0.507 e. The van der Waals surface area contributed by atoms with Crippen LogP contribution in [-0.4, -0.2) is 39.8 Å². The second-order valence-corrected chi connectivity index (χ2v) is 12.6. The number of aromatic hydroxyl groups is 1. The summed E-state index contributed by atoms with van der Waals surface area (Å²) >= 11 is 0. The first-order valence-electron chi connectivity index (χ1n) is 16.0. The third-order valence-electron chi connectivity index (χ3n) is 8.81. The van der Waals surface area contributed by atoms with E-state index in [4.69, 9.17) is 0 Å². The highest BCUT2D eigenvalue weighted by atomic mass is 16.3. The van der Waals surface area contributed by atoms with E-state index in [1.54, 1.807) is 46.1 Å². The number of nitrogens with zero attached hydrogens (tertiary/aromatic N) is 2. The average Bonchev–Trinajstić information content (AvgIpc) is 3.02. The molecular formula is C36H54N4O4. The molecule has 0 saturated heterocycles. The predicted molar refractivity (Wildman–Crippen MR) is 182 cm³/mol. The van der Waals surface area contributed by atoms with Crippen LogP contribution in [0.1, 0.15) is 101 Å². The number of H-pyrrole nitrogens is 1. The maximum atomic E-state index is 12.6. The lowest BCUT2D eigenvalue weighted by Crippen LogP contribution is -2.36. The molecule has 3 N–H and O–H groups in total. The number of phenolic OH excluding ortho intramolecular Hbond substituents is 1. The van der Waals surface area contributed by atoms with E-state index in [2.05, 4.69) is 45.0 Å². The van der Waals surface area contributed by atoms with Crippen molar-refractivity contribution < 1.29 is 9.90 Å². The molecule has 2 unspecified atom stereocenters. The van der Waals surface area contributed by atoms with Gasteiger partial charge in [0.15, 0.2) is 0 Å². The highest BCUT2D eigenvalue weighted by Gasteiger charge is 2.20. The third-order valence-corrected chi connectivity index (χ3v) is 8.81. The molecular weight excluding hydrogens is 552 g/mol. The number of nitrogens with one attached hydrogen (secondary N) is 2. The van der Waals surface area contributed by atoms with Crippen LogP contribution in [0.5, 0.6) is 5.75 Å². The molecule has 1 heterocycles. The number of benzene rings is 2. The van der Waals surface area contributed by atoms with Crippen LogP contribution in [0.3, 0.4) is 0 Å². The first-order chi connectivity index (χ1) is 20.8. The maximum absolute atomic E-state index is 12.6. The van der Waals surface area contributed by atoms with Crippen molar-refractivity contribution in [3.63, 3.8) is 0 Å². The molecule has 8 nitrogen and oxygen atoms in total. The Bertz CT molecular complexity index is 1440. The standard InChI is InChI=1S/C17H21N3O2.C10H13NO2.C9H20/c1-12-15(18-13-8-4-2-5-9-13)16(21)19-20(17(12)22)14-10-6-3-7-11-14;1-7-5-4-6-8(9(7)12)10(13)11(2)3;1-6-8(4)9(5)7(2)3/h2,4-5,8-9,14,18H,3,6-7,10-11H2,1H3,(H,19,21);4-6,12H,1-3H3;7-9H,6H2,1-5H3. The molecule has 4 rings (SSSR count). The van der Waals surface area contributed by atoms with Crippen molar-refractivity contribution in [3.8, 4) is 5.75 Å². The molecule has 3 aromatic rings. The van der Waals surface area contributed by atoms with Crippen molar-refractivity contribution >= 4 is 17.3 Å². The minimum Gasteiger partial charge on any atom is -0.507 e. The van der Waals surface area contributed by atoms with Crippen molar-refractivity contribution in [1.29, 1.82) is 0 Å². The van der Waals surface area contributed by atoms with Crippen LogP contribution in [-0.2, 0) is 0 Å². The van der Waals surface area contributed by atoms with Gasteiger partial charge in [-0.3, -0.25) is 19.5 Å². The van der Waals surface area contributed by atoms with Gasteiger partial charge in [0.25, 0.3) is 17.0 Å². The second-order valence-electron chi connectivity index (χ2n) is 12.6. The highest BCUT2D eigenvalue weighted by Crippen LogP contribution is 2.26. The summed E-state index contributed by atoms with van der Waals surface area (Å²) in [5.41, 5.74) is 2.32. The third kappa shape index (κ3) is 10.1. The van der Waals surface area contributed by atoms with Gasteiger partial charge in [0.05, 0.1) is 11.6 Å². The average molecular weight is 607 g/mol. The number of aryl methyl sites for hydroxylation is 1. The van der Waals surface area contributed by atoms with Gasteiger partial charge in [-0.15, -0.1) is 0 Å². The van der Waals surface area contributed by atoms with Crippen molar-refractivity contribution in [3.05, 3.63) is 85.9 Å². The van der Waals surface area contributed by atoms with E-state index in [1.807, 2.05) is 30.3 Å². The molecule has 1 saturated carbocycles. The zero-order chi connectivity index (χ0) is 33.0. The Morgan fingerprint density at radius 3 is 2.11 bits per heavy atom. The number of para-hydroxylation sites is 2. The molecule has 0 bridgehead atoms. The van der Waals surface area contributed by atoms with E-state index in [0.29, 0.717) is 22.4 Å². The second kappa shape index (κ2) is 17.5. The van der Waals surface area contributed by atoms with Crippen molar-refractivity contribution in [2.75, 3.05) is 19.4 Å². The fourth-order valence-electron chi connectivity index (χ4n) is 5.19. The molecule has 2 aromatic carbocycles. The van der Waals surface area contributed by atoms with E-state index in [9.17, 15) is 19.5 Å². The lowest BCUT2D eigenvalue weighted by molar-refractivity contribution is 0.0824. The van der Waals surface area contributed by atoms with E-state index >= 15 is 0 Å². The van der Waals surface area contributed by atoms with Gasteiger partial charge in [0.2, 0.25) is 0 Å². The first-order valence-corrected chi connectivity index (χ1v) is 16.0. The Labute approximate surface area is 263 Å². The van der Waals surface area contributed by atoms with Gasteiger partial charge < -0.3 is 15.3 Å². The minimum atomic E-state index is -0.244. The summed E-state index contributed by atoms with van der Waals surface area (Å²) in [5, 5.41) is 15.4. The summed E-state index contributed by atoms with van der Waals surface area (Å²) in [5.74, 6) is 2.52. The molecule has 1 aromatic heterocycles. The first kappa shape index (κ1) is 36.4. The van der Waals surface area contributed by atoms with Gasteiger partial charge >= 0.3 is 0 Å². The van der Waals surface area contributed by atoms with E-state index in [0.717, 1.165) is 49.1 Å². The van der Waals surface area contributed by atoms with Gasteiger partial charge in [-0.25, -0.2) is 4.68 Å². The number of aromatic nitrogens is 2. The lowest BCUT2D eigenvalue weighted by Gasteiger charge is -2.24. The molecule has 0 spiro atoms. The number of hydrogen-bond acceptors (Lipinski definition) is 5. The van der Waals surface area contributed by atoms with E-state index in [1.165, 1.54) is 22.4 Å². The van der Waals surface area contributed by atoms with Gasteiger partial charge in [0.1, 0.15) is 11.4 Å². The minimum absolute atomic E-state index is 0.0706. The molecule has 44 heavy (non-hydrogen) atoms. The van der Waals surface area contributed by atoms with Crippen LogP contribution < -0.4 is 16.4 Å². The maximum Gasteiger partial charge on any atom is 0.286 e. The summed E-state index contributed by atoms with van der Waals surface area (Å²) in [4.78, 5) is 37.9. The van der Waals surface area contributed by atoms with Gasteiger partial charge in [-0.05, 0) is 68.2 Å². The number of anilines is 2. The zero-order valence-corrected chi connectivity index (χ0v) is 28.2. The van der Waals surface area contributed by atoms with Crippen LogP contribution in [0, 0.1) is 31.6 Å². The smallest absolute Gasteiger partial charge is 0.286 e. The number of phenols is 1. The topological polar surface area (TPSA) is 107 Å². The lowest BCUT2D eigenvalue weighted by atomic mass is 9.85. The summed E-state index contributed by atoms with van der Waals surface area (Å²) < 4.78 is 1.53. The fraction of sp³-hybridized carbons (Fsp3) is 0.528. The Hall–Kier alpha value is -3.81. The number of carbonyl (C=O) groups is 1. The number of carbonyl (C=O) groups excluding carboxylic acids is 1. The van der Waals surface area contributed by atoms with Crippen LogP contribution in [0.15, 0.2) is 58.1 Å². The molecule has 8 heteroatoms. The Morgan fingerprint density at radius 2 is 1.59 bits per heavy atom. The van der Waals surface area contributed by atoms with Crippen LogP contribution >= 0.6 is 0 Å². The molecule has 242 valence electrons. The van der Waals surface area contributed by atoms with E-state index < -0.39 is 0 Å². The quantitative estimate of drug-likeness (QED) is 0.254. The number of hydrogen-bond donors (Lipinski definition) is 3. The van der Waals surface area contributed by atoms with E-state index in [-0.39, 0.29) is 28.8 Å².